The molecule has 0 fully saturated rings. The van der Waals surface area contributed by atoms with E-state index in [1.807, 2.05) is 6.92 Å². The summed E-state index contributed by atoms with van der Waals surface area (Å²) in [6.07, 6.45) is 3.80. The van der Waals surface area contributed by atoms with Gasteiger partial charge < -0.3 is 10.6 Å². The molecular weight excluding hydrogens is 434 g/mol. The molecule has 0 saturated carbocycles. The molecule has 1 atom stereocenters. The zero-order chi connectivity index (χ0) is 24.2. The second kappa shape index (κ2) is 9.70. The zero-order valence-electron chi connectivity index (χ0n) is 18.9. The number of nitrogens with zero attached hydrogens (tertiary/aromatic N) is 3. The van der Waals surface area contributed by atoms with E-state index in [4.69, 9.17) is 0 Å². The van der Waals surface area contributed by atoms with Gasteiger partial charge in [-0.3, -0.25) is 28.8 Å². The molecule has 2 aromatic carbocycles. The van der Waals surface area contributed by atoms with Crippen LogP contribution in [0.2, 0.25) is 0 Å². The summed E-state index contributed by atoms with van der Waals surface area (Å²) in [6, 6.07) is 13.3. The molecule has 4 amide bonds. The van der Waals surface area contributed by atoms with Gasteiger partial charge in [0.15, 0.2) is 0 Å². The Morgan fingerprint density at radius 2 is 1.71 bits per heavy atom. The Hall–Kier alpha value is -4.27. The molecule has 2 heterocycles. The van der Waals surface area contributed by atoms with Gasteiger partial charge in [0.1, 0.15) is 6.04 Å². The van der Waals surface area contributed by atoms with Crippen molar-refractivity contribution in [3.8, 4) is 0 Å². The number of hydrogen-bond acceptors (Lipinski definition) is 5. The predicted molar refractivity (Wildman–Crippen MR) is 126 cm³/mol. The standard InChI is InChI=1S/C25H25N5O4/c1-16-9-10-20-21(14-16)25(34)29(24(20)33)12-4-8-22(31)27-18-6-3-7-19(15-18)28-23(32)17(2)30-13-5-11-26-30/h3,5-7,9-11,13-15,17H,4,8,12H2,1-2H3,(H,27,31)(H,28,32). The third-order valence-electron chi connectivity index (χ3n) is 5.63. The highest BCUT2D eigenvalue weighted by Crippen LogP contribution is 2.24. The van der Waals surface area contributed by atoms with Gasteiger partial charge in [0, 0.05) is 36.7 Å². The second-order valence-electron chi connectivity index (χ2n) is 8.19. The molecule has 2 N–H and O–H groups in total. The average molecular weight is 460 g/mol. The molecule has 9 heteroatoms. The quantitative estimate of drug-likeness (QED) is 0.501. The first-order chi connectivity index (χ1) is 16.3. The van der Waals surface area contributed by atoms with Gasteiger partial charge in [-0.2, -0.15) is 5.10 Å². The Morgan fingerprint density at radius 1 is 0.971 bits per heavy atom. The van der Waals surface area contributed by atoms with Crippen molar-refractivity contribution in [3.63, 3.8) is 0 Å². The minimum absolute atomic E-state index is 0.138. The molecular formula is C25H25N5O4. The van der Waals surface area contributed by atoms with Crippen LogP contribution >= 0.6 is 0 Å². The number of aromatic nitrogens is 2. The molecule has 1 aliphatic heterocycles. The molecule has 1 aromatic heterocycles. The third kappa shape index (κ3) is 4.88. The maximum atomic E-state index is 12.5. The number of carbonyl (C=O) groups is 4. The average Bonchev–Trinajstić information content (AvgIpc) is 3.42. The van der Waals surface area contributed by atoms with Crippen LogP contribution in [0.4, 0.5) is 11.4 Å². The summed E-state index contributed by atoms with van der Waals surface area (Å²) >= 11 is 0. The number of hydrogen-bond donors (Lipinski definition) is 2. The number of nitrogens with one attached hydrogen (secondary N) is 2. The van der Waals surface area contributed by atoms with Gasteiger partial charge in [0.25, 0.3) is 11.8 Å². The van der Waals surface area contributed by atoms with Crippen molar-refractivity contribution in [1.82, 2.24) is 14.7 Å². The Morgan fingerprint density at radius 3 is 2.44 bits per heavy atom. The summed E-state index contributed by atoms with van der Waals surface area (Å²) in [5, 5.41) is 9.67. The van der Waals surface area contributed by atoms with E-state index < -0.39 is 6.04 Å². The number of rotatable bonds is 8. The van der Waals surface area contributed by atoms with Crippen molar-refractivity contribution in [3.05, 3.63) is 77.6 Å². The number of anilines is 2. The number of benzene rings is 2. The monoisotopic (exact) mass is 459 g/mol. The van der Waals surface area contributed by atoms with Gasteiger partial charge in [0.05, 0.1) is 11.1 Å². The van der Waals surface area contributed by atoms with E-state index in [-0.39, 0.29) is 36.6 Å². The van der Waals surface area contributed by atoms with Crippen LogP contribution < -0.4 is 10.6 Å². The largest absolute Gasteiger partial charge is 0.326 e. The lowest BCUT2D eigenvalue weighted by Gasteiger charge is -2.14. The number of fused-ring (bicyclic) bond motifs is 1. The highest BCUT2D eigenvalue weighted by atomic mass is 16.2. The van der Waals surface area contributed by atoms with E-state index in [0.717, 1.165) is 5.56 Å². The van der Waals surface area contributed by atoms with Crippen LogP contribution in [0.5, 0.6) is 0 Å². The molecule has 0 spiro atoms. The molecule has 0 bridgehead atoms. The van der Waals surface area contributed by atoms with Gasteiger partial charge in [-0.15, -0.1) is 0 Å². The maximum absolute atomic E-state index is 12.5. The minimum atomic E-state index is -0.487. The van der Waals surface area contributed by atoms with Gasteiger partial charge in [-0.05, 0) is 56.7 Å². The lowest BCUT2D eigenvalue weighted by atomic mass is 10.1. The van der Waals surface area contributed by atoms with Crippen LogP contribution in [0.15, 0.2) is 60.9 Å². The predicted octanol–water partition coefficient (Wildman–Crippen LogP) is 3.41. The fourth-order valence-corrected chi connectivity index (χ4v) is 3.78. The van der Waals surface area contributed by atoms with Crippen molar-refractivity contribution in [1.29, 1.82) is 0 Å². The molecule has 1 unspecified atom stereocenters. The number of carbonyl (C=O) groups excluding carboxylic acids is 4. The van der Waals surface area contributed by atoms with E-state index in [1.54, 1.807) is 72.5 Å². The SMILES string of the molecule is Cc1ccc2c(c1)C(=O)N(CCCC(=O)Nc1cccc(NC(=O)C(C)n3cccn3)c1)C2=O. The summed E-state index contributed by atoms with van der Waals surface area (Å²) in [7, 11) is 0. The van der Waals surface area contributed by atoms with E-state index in [0.29, 0.717) is 28.9 Å². The molecule has 3 aromatic rings. The summed E-state index contributed by atoms with van der Waals surface area (Å²) in [6.45, 7) is 3.77. The molecule has 34 heavy (non-hydrogen) atoms. The second-order valence-corrected chi connectivity index (χ2v) is 8.19. The summed E-state index contributed by atoms with van der Waals surface area (Å²) in [5.41, 5.74) is 2.81. The van der Waals surface area contributed by atoms with E-state index in [1.165, 1.54) is 4.90 Å². The van der Waals surface area contributed by atoms with E-state index in [9.17, 15) is 19.2 Å². The molecule has 0 aliphatic carbocycles. The van der Waals surface area contributed by atoms with Crippen LogP contribution in [0.3, 0.4) is 0 Å². The molecule has 4 rings (SSSR count). The Bertz CT molecular complexity index is 1250. The van der Waals surface area contributed by atoms with Crippen LogP contribution in [-0.4, -0.2) is 44.9 Å². The number of amides is 4. The highest BCUT2D eigenvalue weighted by Gasteiger charge is 2.34. The zero-order valence-corrected chi connectivity index (χ0v) is 18.9. The summed E-state index contributed by atoms with van der Waals surface area (Å²) < 4.78 is 1.55. The molecule has 0 radical (unpaired) electrons. The van der Waals surface area contributed by atoms with E-state index in [2.05, 4.69) is 15.7 Å². The lowest BCUT2D eigenvalue weighted by molar-refractivity contribution is -0.119. The molecule has 9 nitrogen and oxygen atoms in total. The first kappa shape index (κ1) is 22.9. The summed E-state index contributed by atoms with van der Waals surface area (Å²) in [4.78, 5) is 51.1. The van der Waals surface area contributed by atoms with Crippen LogP contribution in [0.1, 0.15) is 52.1 Å². The number of aryl methyl sites for hydroxylation is 1. The smallest absolute Gasteiger partial charge is 0.261 e. The molecule has 174 valence electrons. The highest BCUT2D eigenvalue weighted by molar-refractivity contribution is 6.21. The van der Waals surface area contributed by atoms with Gasteiger partial charge in [-0.25, -0.2) is 0 Å². The Labute approximate surface area is 196 Å². The fraction of sp³-hybridized carbons (Fsp3) is 0.240. The lowest BCUT2D eigenvalue weighted by Crippen LogP contribution is -2.31. The molecule has 0 saturated heterocycles. The minimum Gasteiger partial charge on any atom is -0.326 e. The van der Waals surface area contributed by atoms with Crippen LogP contribution in [0, 0.1) is 6.92 Å². The summed E-state index contributed by atoms with van der Waals surface area (Å²) in [5.74, 6) is -1.13. The first-order valence-corrected chi connectivity index (χ1v) is 11.0. The maximum Gasteiger partial charge on any atom is 0.261 e. The Balaban J connectivity index is 1.28. The molecule has 1 aliphatic rings. The van der Waals surface area contributed by atoms with Crippen LogP contribution in [0.25, 0.3) is 0 Å². The third-order valence-corrected chi connectivity index (χ3v) is 5.63. The van der Waals surface area contributed by atoms with Gasteiger partial charge in [0.2, 0.25) is 11.8 Å². The van der Waals surface area contributed by atoms with Gasteiger partial charge in [-0.1, -0.05) is 17.7 Å². The van der Waals surface area contributed by atoms with Crippen molar-refractivity contribution in [2.75, 3.05) is 17.2 Å². The Kier molecular flexibility index (Phi) is 6.53. The van der Waals surface area contributed by atoms with Crippen molar-refractivity contribution < 1.29 is 19.2 Å². The van der Waals surface area contributed by atoms with Crippen molar-refractivity contribution in [2.45, 2.75) is 32.7 Å². The number of imide groups is 1. The first-order valence-electron chi connectivity index (χ1n) is 11.0. The van der Waals surface area contributed by atoms with Crippen LogP contribution in [-0.2, 0) is 9.59 Å². The normalized spacial score (nSPS) is 13.5. The van der Waals surface area contributed by atoms with Crippen molar-refractivity contribution >= 4 is 35.0 Å². The van der Waals surface area contributed by atoms with Crippen molar-refractivity contribution in [2.24, 2.45) is 0 Å². The van der Waals surface area contributed by atoms with E-state index >= 15 is 0 Å². The van der Waals surface area contributed by atoms with Gasteiger partial charge >= 0.3 is 0 Å². The fourth-order valence-electron chi connectivity index (χ4n) is 3.78. The topological polar surface area (TPSA) is 113 Å².